The van der Waals surface area contributed by atoms with Crippen molar-refractivity contribution in [2.75, 3.05) is 14.2 Å². The molecule has 4 rings (SSSR count). The van der Waals surface area contributed by atoms with E-state index < -0.39 is 0 Å². The first kappa shape index (κ1) is 21.5. The number of carbonyl (C=O) groups excluding carboxylic acids is 1. The maximum Gasteiger partial charge on any atom is 0.145 e. The molecule has 0 spiro atoms. The normalized spacial score (nSPS) is 19.2. The molecule has 6 nitrogen and oxygen atoms in total. The number of likely N-dealkylation sites (tertiary alicyclic amines) is 1. The van der Waals surface area contributed by atoms with Gasteiger partial charge >= 0.3 is 0 Å². The Kier molecular flexibility index (Phi) is 6.63. The van der Waals surface area contributed by atoms with Crippen LogP contribution < -0.4 is 9.47 Å². The Morgan fingerprint density at radius 2 is 1.97 bits per heavy atom. The molecule has 1 fully saturated rings. The van der Waals surface area contributed by atoms with Crippen LogP contribution in [0.5, 0.6) is 11.5 Å². The summed E-state index contributed by atoms with van der Waals surface area (Å²) in [5.74, 6) is 1.38. The summed E-state index contributed by atoms with van der Waals surface area (Å²) in [4.78, 5) is 23.1. The standard InChI is InChI=1S/C24H27N3O3S/c1-16-26-20(15-31-16)18-7-4-6-17(10-18)13-27-19(14-28)8-5-9-21(27)24-22(29-2)11-25-12-23(24)30-3/h4,6-7,10-12,14-15,19,21H,5,8-9,13H2,1-3H3. The van der Waals surface area contributed by atoms with Gasteiger partial charge in [-0.25, -0.2) is 4.98 Å². The van der Waals surface area contributed by atoms with E-state index in [4.69, 9.17) is 9.47 Å². The van der Waals surface area contributed by atoms with Crippen molar-refractivity contribution in [3.63, 3.8) is 0 Å². The molecule has 1 aromatic carbocycles. The Balaban J connectivity index is 1.70. The van der Waals surface area contributed by atoms with Gasteiger partial charge in [0, 0.05) is 23.5 Å². The second kappa shape index (κ2) is 9.58. The summed E-state index contributed by atoms with van der Waals surface area (Å²) in [6, 6.07) is 8.26. The van der Waals surface area contributed by atoms with Gasteiger partial charge in [-0.15, -0.1) is 11.3 Å². The summed E-state index contributed by atoms with van der Waals surface area (Å²) >= 11 is 1.65. The van der Waals surface area contributed by atoms with E-state index in [1.807, 2.05) is 6.92 Å². The van der Waals surface area contributed by atoms with E-state index in [1.54, 1.807) is 38.0 Å². The number of carbonyl (C=O) groups is 1. The molecule has 0 N–H and O–H groups in total. The van der Waals surface area contributed by atoms with E-state index in [2.05, 4.69) is 44.5 Å². The van der Waals surface area contributed by atoms with E-state index in [0.29, 0.717) is 18.0 Å². The van der Waals surface area contributed by atoms with Crippen LogP contribution in [-0.4, -0.2) is 41.4 Å². The molecule has 0 bridgehead atoms. The van der Waals surface area contributed by atoms with E-state index in [-0.39, 0.29) is 12.1 Å². The highest BCUT2D eigenvalue weighted by Gasteiger charge is 2.35. The highest BCUT2D eigenvalue weighted by molar-refractivity contribution is 7.09. The predicted octanol–water partition coefficient (Wildman–Crippen LogP) is 4.83. The van der Waals surface area contributed by atoms with Gasteiger partial charge in [0.15, 0.2) is 0 Å². The third-order valence-electron chi connectivity index (χ3n) is 5.86. The summed E-state index contributed by atoms with van der Waals surface area (Å²) < 4.78 is 11.2. The minimum Gasteiger partial charge on any atom is -0.495 e. The number of ether oxygens (including phenoxy) is 2. The van der Waals surface area contributed by atoms with Gasteiger partial charge in [0.1, 0.15) is 17.8 Å². The maximum atomic E-state index is 12.0. The molecule has 0 radical (unpaired) electrons. The molecule has 1 saturated heterocycles. The van der Waals surface area contributed by atoms with Gasteiger partial charge in [-0.3, -0.25) is 9.88 Å². The van der Waals surface area contributed by atoms with Crippen LogP contribution in [0, 0.1) is 6.92 Å². The number of piperidine rings is 1. The Morgan fingerprint density at radius 1 is 1.19 bits per heavy atom. The Hall–Kier alpha value is -2.77. The first-order chi connectivity index (χ1) is 15.1. The summed E-state index contributed by atoms with van der Waals surface area (Å²) in [6.07, 6.45) is 7.24. The van der Waals surface area contributed by atoms with E-state index >= 15 is 0 Å². The maximum absolute atomic E-state index is 12.0. The summed E-state index contributed by atoms with van der Waals surface area (Å²) in [7, 11) is 3.29. The Labute approximate surface area is 186 Å². The van der Waals surface area contributed by atoms with Gasteiger partial charge in [0.05, 0.1) is 48.9 Å². The molecule has 3 heterocycles. The number of benzene rings is 1. The van der Waals surface area contributed by atoms with Crippen molar-refractivity contribution >= 4 is 17.6 Å². The molecule has 0 aliphatic carbocycles. The SMILES string of the molecule is COc1cncc(OC)c1C1CCCC(C=O)N1Cc1cccc(-c2csc(C)n2)c1. The van der Waals surface area contributed by atoms with Gasteiger partial charge in [0.25, 0.3) is 0 Å². The number of hydrogen-bond acceptors (Lipinski definition) is 7. The number of rotatable bonds is 7. The van der Waals surface area contributed by atoms with E-state index in [9.17, 15) is 4.79 Å². The molecule has 2 aromatic heterocycles. The largest absolute Gasteiger partial charge is 0.495 e. The van der Waals surface area contributed by atoms with Crippen molar-refractivity contribution in [3.05, 3.63) is 58.2 Å². The Bertz CT molecular complexity index is 1030. The second-order valence-electron chi connectivity index (χ2n) is 7.73. The molecule has 2 atom stereocenters. The molecule has 31 heavy (non-hydrogen) atoms. The zero-order valence-corrected chi connectivity index (χ0v) is 18.9. The van der Waals surface area contributed by atoms with E-state index in [1.165, 1.54) is 0 Å². The lowest BCUT2D eigenvalue weighted by Gasteiger charge is -2.40. The molecule has 2 unspecified atom stereocenters. The van der Waals surface area contributed by atoms with Crippen LogP contribution in [-0.2, 0) is 11.3 Å². The summed E-state index contributed by atoms with van der Waals surface area (Å²) in [6.45, 7) is 2.67. The van der Waals surface area contributed by atoms with Crippen molar-refractivity contribution in [1.82, 2.24) is 14.9 Å². The minimum absolute atomic E-state index is 0.00187. The second-order valence-corrected chi connectivity index (χ2v) is 8.79. The smallest absolute Gasteiger partial charge is 0.145 e. The molecule has 1 aliphatic heterocycles. The van der Waals surface area contributed by atoms with Crippen molar-refractivity contribution in [1.29, 1.82) is 0 Å². The number of aryl methyl sites for hydroxylation is 1. The number of hydrogen-bond donors (Lipinski definition) is 0. The third kappa shape index (κ3) is 4.48. The number of pyridine rings is 1. The van der Waals surface area contributed by atoms with Crippen LogP contribution in [0.4, 0.5) is 0 Å². The van der Waals surface area contributed by atoms with Crippen LogP contribution in [0.25, 0.3) is 11.3 Å². The fraction of sp³-hybridized carbons (Fsp3) is 0.375. The van der Waals surface area contributed by atoms with Crippen LogP contribution in [0.15, 0.2) is 42.0 Å². The van der Waals surface area contributed by atoms with Crippen LogP contribution in [0.1, 0.15) is 41.4 Å². The molecule has 0 amide bonds. The van der Waals surface area contributed by atoms with Gasteiger partial charge in [0.2, 0.25) is 0 Å². The van der Waals surface area contributed by atoms with Crippen molar-refractivity contribution < 1.29 is 14.3 Å². The summed E-state index contributed by atoms with van der Waals surface area (Å²) in [5.41, 5.74) is 4.19. The first-order valence-electron chi connectivity index (χ1n) is 10.4. The van der Waals surface area contributed by atoms with Gasteiger partial charge < -0.3 is 14.3 Å². The van der Waals surface area contributed by atoms with Crippen molar-refractivity contribution in [3.8, 4) is 22.8 Å². The highest BCUT2D eigenvalue weighted by atomic mass is 32.1. The number of nitrogens with zero attached hydrogens (tertiary/aromatic N) is 3. The van der Waals surface area contributed by atoms with E-state index in [0.717, 1.165) is 52.9 Å². The lowest BCUT2D eigenvalue weighted by atomic mass is 9.90. The third-order valence-corrected chi connectivity index (χ3v) is 6.63. The van der Waals surface area contributed by atoms with Crippen LogP contribution in [0.2, 0.25) is 0 Å². The topological polar surface area (TPSA) is 64.6 Å². The number of aldehydes is 1. The average molecular weight is 438 g/mol. The molecule has 162 valence electrons. The number of aromatic nitrogens is 2. The van der Waals surface area contributed by atoms with Gasteiger partial charge in [-0.2, -0.15) is 0 Å². The highest BCUT2D eigenvalue weighted by Crippen LogP contribution is 2.43. The molecule has 3 aromatic rings. The van der Waals surface area contributed by atoms with Gasteiger partial charge in [-0.05, 0) is 37.8 Å². The molecule has 0 saturated carbocycles. The lowest BCUT2D eigenvalue weighted by Crippen LogP contribution is -2.42. The molecule has 7 heteroatoms. The van der Waals surface area contributed by atoms with Crippen molar-refractivity contribution in [2.45, 2.75) is 44.8 Å². The number of thiazole rings is 1. The number of methoxy groups -OCH3 is 2. The predicted molar refractivity (Wildman–Crippen MR) is 122 cm³/mol. The molecular weight excluding hydrogens is 410 g/mol. The molecular formula is C24H27N3O3S. The van der Waals surface area contributed by atoms with Crippen molar-refractivity contribution in [2.24, 2.45) is 0 Å². The minimum atomic E-state index is -0.161. The summed E-state index contributed by atoms with van der Waals surface area (Å²) in [5, 5.41) is 3.13. The van der Waals surface area contributed by atoms with Crippen LogP contribution >= 0.6 is 11.3 Å². The molecule has 1 aliphatic rings. The van der Waals surface area contributed by atoms with Crippen LogP contribution in [0.3, 0.4) is 0 Å². The fourth-order valence-corrected chi connectivity index (χ4v) is 5.01. The monoisotopic (exact) mass is 437 g/mol. The Morgan fingerprint density at radius 3 is 2.61 bits per heavy atom. The zero-order chi connectivity index (χ0) is 21.8. The lowest BCUT2D eigenvalue weighted by molar-refractivity contribution is -0.115. The average Bonchev–Trinajstić information content (AvgIpc) is 3.25. The zero-order valence-electron chi connectivity index (χ0n) is 18.1. The van der Waals surface area contributed by atoms with Gasteiger partial charge in [-0.1, -0.05) is 18.2 Å². The quantitative estimate of drug-likeness (QED) is 0.494. The first-order valence-corrected chi connectivity index (χ1v) is 11.3. The fourth-order valence-electron chi connectivity index (χ4n) is 4.39.